The van der Waals surface area contributed by atoms with Crippen LogP contribution in [0.1, 0.15) is 63.5 Å². The standard InChI is InChI=1S/C41H28O26/c42-11-1-7(2-12(43)23(11)47)37(58)64-16-6-63-38(59)8-3-13(44)24(48)27(51)17(8)18-9(4-14(45)25(49)28(18)52)39(60)65-34(16)36-35-32(56)22-21(41(62)66-35)20(30(54)33(57)31(22)55)19-10(40(61)67-36)5-15(46)26(50)29(19)53/h1-5,16,32,34-36,42-57H,6H2/t16?,32-,34?,35?,36?/m1/s1. The molecule has 0 aliphatic carbocycles. The lowest BCUT2D eigenvalue weighted by molar-refractivity contribution is -0.154. The predicted octanol–water partition coefficient (Wildman–Crippen LogP) is 1.34. The zero-order chi connectivity index (χ0) is 49.0. The Labute approximate surface area is 368 Å². The Morgan fingerprint density at radius 2 is 0.836 bits per heavy atom. The summed E-state index contributed by atoms with van der Waals surface area (Å²) < 4.78 is 27.6. The Bertz CT molecular complexity index is 3060. The number of cyclic esters (lactones) is 2. The fraction of sp³-hybridized carbons (Fsp3) is 0.146. The van der Waals surface area contributed by atoms with Crippen molar-refractivity contribution in [2.75, 3.05) is 6.61 Å². The molecule has 5 atom stereocenters. The maximum Gasteiger partial charge on any atom is 0.339 e. The summed E-state index contributed by atoms with van der Waals surface area (Å²) in [7, 11) is 0. The Morgan fingerprint density at radius 3 is 1.33 bits per heavy atom. The fourth-order valence-corrected chi connectivity index (χ4v) is 7.72. The van der Waals surface area contributed by atoms with Crippen LogP contribution < -0.4 is 0 Å². The van der Waals surface area contributed by atoms with Crippen molar-refractivity contribution in [2.45, 2.75) is 30.5 Å². The molecule has 0 saturated heterocycles. The summed E-state index contributed by atoms with van der Waals surface area (Å²) in [5.74, 6) is -29.6. The third-order valence-corrected chi connectivity index (χ3v) is 10.9. The van der Waals surface area contributed by atoms with E-state index in [0.717, 1.165) is 0 Å². The van der Waals surface area contributed by atoms with Crippen molar-refractivity contribution in [3.63, 3.8) is 0 Å². The molecule has 0 saturated carbocycles. The van der Waals surface area contributed by atoms with Crippen LogP contribution in [-0.2, 0) is 23.7 Å². The zero-order valence-corrected chi connectivity index (χ0v) is 32.7. The first-order valence-electron chi connectivity index (χ1n) is 18.6. The number of benzene rings is 5. The molecule has 4 aliphatic heterocycles. The number of aliphatic hydroxyl groups is 1. The topological polar surface area (TPSA) is 455 Å². The number of esters is 5. The second-order valence-electron chi connectivity index (χ2n) is 14.7. The van der Waals surface area contributed by atoms with Crippen molar-refractivity contribution in [3.05, 3.63) is 63.7 Å². The van der Waals surface area contributed by atoms with E-state index >= 15 is 0 Å². The highest BCUT2D eigenvalue weighted by Crippen LogP contribution is 2.58. The molecular formula is C41H28O26. The lowest BCUT2D eigenvalue weighted by Gasteiger charge is -2.40. The number of hydrogen-bond acceptors (Lipinski definition) is 26. The predicted molar refractivity (Wildman–Crippen MR) is 207 cm³/mol. The van der Waals surface area contributed by atoms with Crippen LogP contribution in [-0.4, -0.2) is 143 Å². The highest BCUT2D eigenvalue weighted by molar-refractivity contribution is 6.11. The number of carbonyl (C=O) groups is 5. The van der Waals surface area contributed by atoms with Gasteiger partial charge in [0.2, 0.25) is 23.0 Å². The molecule has 9 rings (SSSR count). The monoisotopic (exact) mass is 936 g/mol. The Balaban J connectivity index is 1.42. The molecule has 67 heavy (non-hydrogen) atoms. The summed E-state index contributed by atoms with van der Waals surface area (Å²) in [6, 6.07) is 2.15. The van der Waals surface area contributed by atoms with Gasteiger partial charge >= 0.3 is 29.8 Å². The molecule has 0 radical (unpaired) electrons. The van der Waals surface area contributed by atoms with E-state index in [0.29, 0.717) is 30.3 Å². The van der Waals surface area contributed by atoms with Crippen molar-refractivity contribution >= 4 is 29.8 Å². The van der Waals surface area contributed by atoms with Crippen LogP contribution in [0, 0.1) is 0 Å². The van der Waals surface area contributed by atoms with Crippen LogP contribution in [0.3, 0.4) is 0 Å². The summed E-state index contributed by atoms with van der Waals surface area (Å²) in [5, 5.41) is 172. The lowest BCUT2D eigenvalue weighted by Crippen LogP contribution is -2.56. The molecule has 348 valence electrons. The van der Waals surface area contributed by atoms with Gasteiger partial charge in [0.25, 0.3) is 0 Å². The van der Waals surface area contributed by atoms with Gasteiger partial charge in [-0.25, -0.2) is 24.0 Å². The summed E-state index contributed by atoms with van der Waals surface area (Å²) in [6.45, 7) is -1.50. The number of phenols is 15. The molecule has 0 spiro atoms. The minimum atomic E-state index is -2.79. The smallest absolute Gasteiger partial charge is 0.339 e. The van der Waals surface area contributed by atoms with Gasteiger partial charge in [-0.05, 0) is 30.3 Å². The number of aliphatic hydroxyl groups excluding tert-OH is 1. The van der Waals surface area contributed by atoms with Crippen molar-refractivity contribution in [1.82, 2.24) is 0 Å². The average molecular weight is 937 g/mol. The minimum absolute atomic E-state index is 0.331. The molecule has 16 N–H and O–H groups in total. The second kappa shape index (κ2) is 15.3. The molecule has 4 bridgehead atoms. The van der Waals surface area contributed by atoms with Gasteiger partial charge in [0.15, 0.2) is 87.7 Å². The van der Waals surface area contributed by atoms with E-state index in [2.05, 4.69) is 0 Å². The Morgan fingerprint density at radius 1 is 0.433 bits per heavy atom. The van der Waals surface area contributed by atoms with Crippen LogP contribution in [0.25, 0.3) is 22.3 Å². The number of rotatable bonds is 3. The molecule has 5 aromatic rings. The van der Waals surface area contributed by atoms with Crippen molar-refractivity contribution in [3.8, 4) is 108 Å². The van der Waals surface area contributed by atoms with Gasteiger partial charge < -0.3 is 105 Å². The number of fused-ring (bicyclic) bond motifs is 6. The number of hydrogen-bond donors (Lipinski definition) is 16. The first kappa shape index (κ1) is 44.0. The largest absolute Gasteiger partial charge is 0.504 e. The van der Waals surface area contributed by atoms with E-state index in [1.54, 1.807) is 0 Å². The van der Waals surface area contributed by atoms with E-state index < -0.39 is 209 Å². The third-order valence-electron chi connectivity index (χ3n) is 10.9. The number of carbonyl (C=O) groups excluding carboxylic acids is 5. The SMILES string of the molecule is O=C(OC1COC(=O)c2cc(O)c(O)c(O)c2-c2c(cc(O)c(O)c2O)C(=O)OC1C1OC(=O)c2cc(O)c(O)c(O)c2-c2c(O)c(O)c(O)c3c2C(=O)OC1[C@@H]3O)c1cc(O)c(O)c(O)c1. The van der Waals surface area contributed by atoms with Gasteiger partial charge in [-0.15, -0.1) is 0 Å². The van der Waals surface area contributed by atoms with Gasteiger partial charge in [-0.1, -0.05) is 0 Å². The normalized spacial score (nSPS) is 19.9. The summed E-state index contributed by atoms with van der Waals surface area (Å²) in [4.78, 5) is 70.9. The summed E-state index contributed by atoms with van der Waals surface area (Å²) >= 11 is 0. The number of aromatic hydroxyl groups is 15. The first-order valence-corrected chi connectivity index (χ1v) is 18.6. The maximum atomic E-state index is 14.6. The molecular weight excluding hydrogens is 908 g/mol. The van der Waals surface area contributed by atoms with E-state index in [1.165, 1.54) is 0 Å². The van der Waals surface area contributed by atoms with Crippen molar-refractivity contribution < 1.29 is 129 Å². The summed E-state index contributed by atoms with van der Waals surface area (Å²) in [5.41, 5.74) is -11.0. The van der Waals surface area contributed by atoms with Crippen LogP contribution in [0.15, 0.2) is 30.3 Å². The second-order valence-corrected chi connectivity index (χ2v) is 14.7. The number of ether oxygens (including phenoxy) is 5. The van der Waals surface area contributed by atoms with Crippen LogP contribution in [0.4, 0.5) is 0 Å². The van der Waals surface area contributed by atoms with Crippen molar-refractivity contribution in [1.29, 1.82) is 0 Å². The minimum Gasteiger partial charge on any atom is -0.504 e. The van der Waals surface area contributed by atoms with Gasteiger partial charge in [-0.3, -0.25) is 0 Å². The Hall–Kier alpha value is -9.59. The molecule has 4 heterocycles. The lowest BCUT2D eigenvalue weighted by atomic mass is 9.82. The molecule has 0 aromatic heterocycles. The van der Waals surface area contributed by atoms with Gasteiger partial charge in [0.1, 0.15) is 12.7 Å². The summed E-state index contributed by atoms with van der Waals surface area (Å²) in [6.07, 6.45) is -13.4. The quantitative estimate of drug-likeness (QED) is 0.0689. The third kappa shape index (κ3) is 6.57. The molecule has 5 aromatic carbocycles. The van der Waals surface area contributed by atoms with Crippen molar-refractivity contribution in [2.24, 2.45) is 0 Å². The van der Waals surface area contributed by atoms with Crippen LogP contribution in [0.2, 0.25) is 0 Å². The first-order chi connectivity index (χ1) is 31.5. The van der Waals surface area contributed by atoms with Gasteiger partial charge in [0.05, 0.1) is 27.8 Å². The maximum absolute atomic E-state index is 14.6. The highest BCUT2D eigenvalue weighted by Gasteiger charge is 2.54. The van der Waals surface area contributed by atoms with E-state index in [-0.39, 0.29) is 0 Å². The van der Waals surface area contributed by atoms with E-state index in [9.17, 15) is 106 Å². The molecule has 4 unspecified atom stereocenters. The molecule has 4 aliphatic rings. The molecule has 0 fully saturated rings. The van der Waals surface area contributed by atoms with Gasteiger partial charge in [-0.2, -0.15) is 0 Å². The van der Waals surface area contributed by atoms with Gasteiger partial charge in [0, 0.05) is 27.8 Å². The van der Waals surface area contributed by atoms with Crippen LogP contribution >= 0.6 is 0 Å². The molecule has 26 heteroatoms. The molecule has 0 amide bonds. The average Bonchev–Trinajstić information content (AvgIpc) is 3.29. The highest BCUT2D eigenvalue weighted by atomic mass is 16.6. The number of phenolic OH excluding ortho intramolecular Hbond substituents is 15. The zero-order valence-electron chi connectivity index (χ0n) is 32.7. The Kier molecular flexibility index (Phi) is 10.1. The van der Waals surface area contributed by atoms with E-state index in [4.69, 9.17) is 23.7 Å². The van der Waals surface area contributed by atoms with Crippen LogP contribution in [0.5, 0.6) is 86.2 Å². The van der Waals surface area contributed by atoms with E-state index in [1.807, 2.05) is 0 Å². The fourth-order valence-electron chi connectivity index (χ4n) is 7.72. The molecule has 26 nitrogen and oxygen atoms in total.